The number of likely N-dealkylation sites (N-methyl/N-ethyl adjacent to an activating group) is 1. The minimum atomic E-state index is -0.596. The van der Waals surface area contributed by atoms with Gasteiger partial charge < -0.3 is 42.4 Å². The maximum Gasteiger partial charge on any atom is 0.306 e. The molecule has 6 aliphatic rings. The van der Waals surface area contributed by atoms with Crippen molar-refractivity contribution in [3.8, 4) is 0 Å². The Morgan fingerprint density at radius 1 is 0.780 bits per heavy atom. The molecule has 0 spiro atoms. The van der Waals surface area contributed by atoms with Gasteiger partial charge in [0.2, 0.25) is 0 Å². The summed E-state index contributed by atoms with van der Waals surface area (Å²) in [7, 11) is 9.70. The van der Waals surface area contributed by atoms with Gasteiger partial charge in [0.15, 0.2) is 18.4 Å². The molecule has 336 valence electrons. The zero-order chi connectivity index (χ0) is 42.4. The highest BCUT2D eigenvalue weighted by atomic mass is 16.7. The van der Waals surface area contributed by atoms with Crippen LogP contribution in [-0.4, -0.2) is 126 Å². The SMILES string of the molecule is CCCCCCC[N+](C)(C)[C@H]1CC[C@H](O[C@H]2CCC[C@H](CC)OC(=O)C[C@@H]3C(=C[C@@H]4[C@H]3C=C[C@@H]3C[C@@H](O[C@@H]5O[C@@H](C)[C@H](OC)[C@@H](OC)[C@H]5OC)C[C@@H]43)C(=O)[C@@H]2C)O[C@@H]1C. The zero-order valence-electron chi connectivity index (χ0n) is 38.2. The first-order chi connectivity index (χ1) is 28.3. The highest BCUT2D eigenvalue weighted by Gasteiger charge is 2.53. The van der Waals surface area contributed by atoms with E-state index in [-0.39, 0.29) is 96.8 Å². The summed E-state index contributed by atoms with van der Waals surface area (Å²) < 4.78 is 51.2. The van der Waals surface area contributed by atoms with E-state index in [4.69, 9.17) is 37.9 Å². The number of Topliss-reactive ketones (excluding diaryl/α,β-unsaturated/α-hetero) is 1. The van der Waals surface area contributed by atoms with Crippen molar-refractivity contribution in [3.63, 3.8) is 0 Å². The number of nitrogens with zero attached hydrogens (tertiary/aromatic N) is 1. The quantitative estimate of drug-likeness (QED) is 0.0698. The van der Waals surface area contributed by atoms with E-state index in [1.807, 2.05) is 13.8 Å². The van der Waals surface area contributed by atoms with Crippen molar-refractivity contribution in [2.75, 3.05) is 42.0 Å². The highest BCUT2D eigenvalue weighted by molar-refractivity contribution is 5.99. The number of cyclic esters (lactones) is 1. The van der Waals surface area contributed by atoms with E-state index >= 15 is 0 Å². The molecule has 11 heteroatoms. The average molecular weight is 831 g/mol. The molecular formula is C48H80NO10+. The van der Waals surface area contributed by atoms with Gasteiger partial charge in [-0.15, -0.1) is 0 Å². The van der Waals surface area contributed by atoms with E-state index in [1.54, 1.807) is 21.3 Å². The fourth-order valence-corrected chi connectivity index (χ4v) is 11.9. The van der Waals surface area contributed by atoms with Crippen LogP contribution in [0.4, 0.5) is 0 Å². The largest absolute Gasteiger partial charge is 0.462 e. The second kappa shape index (κ2) is 21.1. The molecule has 6 rings (SSSR count). The van der Waals surface area contributed by atoms with Crippen LogP contribution in [0.5, 0.6) is 0 Å². The van der Waals surface area contributed by atoms with Crippen molar-refractivity contribution >= 4 is 11.8 Å². The van der Waals surface area contributed by atoms with Crippen LogP contribution in [0.3, 0.4) is 0 Å². The lowest BCUT2D eigenvalue weighted by atomic mass is 9.70. The van der Waals surface area contributed by atoms with Crippen LogP contribution in [0, 0.1) is 35.5 Å². The number of ether oxygens (including phenoxy) is 8. The number of unbranched alkanes of at least 4 members (excludes halogenated alkanes) is 4. The summed E-state index contributed by atoms with van der Waals surface area (Å²) >= 11 is 0. The van der Waals surface area contributed by atoms with Crippen molar-refractivity contribution < 1.29 is 52.0 Å². The third-order valence-electron chi connectivity index (χ3n) is 15.3. The molecule has 3 heterocycles. The van der Waals surface area contributed by atoms with Crippen LogP contribution in [-0.2, 0) is 47.5 Å². The summed E-state index contributed by atoms with van der Waals surface area (Å²) in [5.41, 5.74) is 0.773. The molecule has 0 bridgehead atoms. The summed E-state index contributed by atoms with van der Waals surface area (Å²) in [5, 5.41) is 0. The predicted molar refractivity (Wildman–Crippen MR) is 226 cm³/mol. The lowest BCUT2D eigenvalue weighted by molar-refractivity contribution is -0.920. The molecule has 11 nitrogen and oxygen atoms in total. The van der Waals surface area contributed by atoms with E-state index in [0.29, 0.717) is 18.4 Å². The molecule has 17 atom stereocenters. The van der Waals surface area contributed by atoms with Gasteiger partial charge in [-0.25, -0.2) is 0 Å². The van der Waals surface area contributed by atoms with Gasteiger partial charge >= 0.3 is 5.97 Å². The summed E-state index contributed by atoms with van der Waals surface area (Å²) in [4.78, 5) is 28.5. The molecule has 0 radical (unpaired) electrons. The van der Waals surface area contributed by atoms with Crippen molar-refractivity contribution in [1.82, 2.24) is 0 Å². The molecular weight excluding hydrogens is 751 g/mol. The topological polar surface area (TPSA) is 108 Å². The molecule has 3 aliphatic carbocycles. The van der Waals surface area contributed by atoms with Crippen LogP contribution < -0.4 is 0 Å². The number of hydrogen-bond acceptors (Lipinski definition) is 10. The van der Waals surface area contributed by atoms with Gasteiger partial charge in [-0.1, -0.05) is 58.3 Å². The smallest absolute Gasteiger partial charge is 0.306 e. The number of ketones is 1. The van der Waals surface area contributed by atoms with Crippen LogP contribution in [0.15, 0.2) is 23.8 Å². The van der Waals surface area contributed by atoms with Gasteiger partial charge in [0.25, 0.3) is 0 Å². The summed E-state index contributed by atoms with van der Waals surface area (Å²) in [6.07, 6.45) is 17.4. The molecule has 0 aromatic carbocycles. The van der Waals surface area contributed by atoms with Gasteiger partial charge in [-0.3, -0.25) is 9.59 Å². The fraction of sp³-hybridized carbons (Fsp3) is 0.875. The average Bonchev–Trinajstić information content (AvgIpc) is 3.79. The number of hydrogen-bond donors (Lipinski definition) is 0. The number of fused-ring (bicyclic) bond motifs is 5. The van der Waals surface area contributed by atoms with Gasteiger partial charge in [-0.05, 0) is 94.5 Å². The Balaban J connectivity index is 1.16. The number of esters is 1. The Labute approximate surface area is 356 Å². The first-order valence-electron chi connectivity index (χ1n) is 23.5. The first kappa shape index (κ1) is 46.8. The van der Waals surface area contributed by atoms with Gasteiger partial charge in [0, 0.05) is 46.0 Å². The number of carbonyl (C=O) groups excluding carboxylic acids is 2. The molecule has 1 saturated carbocycles. The third kappa shape index (κ3) is 10.7. The number of quaternary nitrogens is 1. The lowest BCUT2D eigenvalue weighted by Crippen LogP contribution is -2.59. The van der Waals surface area contributed by atoms with Crippen LogP contribution in [0.25, 0.3) is 0 Å². The standard InChI is InChI=1S/C48H80NO10/c1-11-13-14-15-16-24-49(6,7)40-22-23-43(55-30(40)4)59-41-19-17-18-33(12-2)57-42(50)28-38-35-21-20-32-25-34(26-36(32)37(35)27-39(38)44(51)29(41)3)58-48-47(54-10)46(53-9)45(52-8)31(5)56-48/h20-21,27,29-38,40-41,43,45-48H,11-19,22-26,28H2,1-10H3/q+1/t29-,30-,31+,32-,33+,34-,35-,36-,37-,38+,40+,41+,43+,45+,46-,47-,48+/m1/s1. The van der Waals surface area contributed by atoms with E-state index in [1.165, 1.54) is 32.1 Å². The first-order valence-corrected chi connectivity index (χ1v) is 23.5. The normalized spacial score (nSPS) is 41.9. The third-order valence-corrected chi connectivity index (χ3v) is 15.3. The van der Waals surface area contributed by atoms with Crippen LogP contribution >= 0.6 is 0 Å². The van der Waals surface area contributed by atoms with Crippen LogP contribution in [0.1, 0.15) is 125 Å². The number of allylic oxidation sites excluding steroid dienone is 4. The van der Waals surface area contributed by atoms with Crippen molar-refractivity contribution in [2.45, 2.75) is 192 Å². The summed E-state index contributed by atoms with van der Waals surface area (Å²) in [6, 6.07) is 0.409. The molecule has 59 heavy (non-hydrogen) atoms. The van der Waals surface area contributed by atoms with Crippen molar-refractivity contribution in [2.24, 2.45) is 35.5 Å². The Hall–Kier alpha value is -1.70. The number of carbonyl (C=O) groups is 2. The molecule has 0 unspecified atom stereocenters. The number of methoxy groups -OCH3 is 3. The molecule has 3 saturated heterocycles. The summed E-state index contributed by atoms with van der Waals surface area (Å²) in [6.45, 7) is 11.7. The van der Waals surface area contributed by atoms with E-state index in [2.05, 4.69) is 53.1 Å². The Kier molecular flexibility index (Phi) is 16.7. The molecule has 0 aromatic heterocycles. The van der Waals surface area contributed by atoms with Gasteiger partial charge in [0.05, 0.1) is 45.4 Å². The van der Waals surface area contributed by atoms with Gasteiger partial charge in [0.1, 0.15) is 36.6 Å². The monoisotopic (exact) mass is 831 g/mol. The zero-order valence-corrected chi connectivity index (χ0v) is 38.2. The molecule has 3 aliphatic heterocycles. The second-order valence-corrected chi connectivity index (χ2v) is 19.5. The highest BCUT2D eigenvalue weighted by Crippen LogP contribution is 2.54. The minimum absolute atomic E-state index is 0.0432. The molecule has 0 N–H and O–H groups in total. The van der Waals surface area contributed by atoms with E-state index in [9.17, 15) is 9.59 Å². The van der Waals surface area contributed by atoms with E-state index < -0.39 is 12.4 Å². The van der Waals surface area contributed by atoms with Gasteiger partial charge in [-0.2, -0.15) is 0 Å². The maximum absolute atomic E-state index is 14.9. The molecule has 0 amide bonds. The second-order valence-electron chi connectivity index (χ2n) is 19.5. The van der Waals surface area contributed by atoms with Crippen LogP contribution in [0.2, 0.25) is 0 Å². The Morgan fingerprint density at radius 3 is 2.22 bits per heavy atom. The maximum atomic E-state index is 14.9. The Bertz CT molecular complexity index is 1430. The molecule has 0 aromatic rings. The Morgan fingerprint density at radius 2 is 1.53 bits per heavy atom. The number of rotatable bonds is 15. The molecule has 4 fully saturated rings. The van der Waals surface area contributed by atoms with Crippen molar-refractivity contribution in [3.05, 3.63) is 23.8 Å². The van der Waals surface area contributed by atoms with Crippen molar-refractivity contribution in [1.29, 1.82) is 0 Å². The van der Waals surface area contributed by atoms with E-state index in [0.717, 1.165) is 61.5 Å². The predicted octanol–water partition coefficient (Wildman–Crippen LogP) is 7.97. The lowest BCUT2D eigenvalue weighted by Gasteiger charge is -2.45. The fourth-order valence-electron chi connectivity index (χ4n) is 11.9. The summed E-state index contributed by atoms with van der Waals surface area (Å²) in [5.74, 6) is 0.0211. The minimum Gasteiger partial charge on any atom is -0.462 e.